The minimum absolute atomic E-state index is 0.00209. The topological polar surface area (TPSA) is 120 Å². The highest BCUT2D eigenvalue weighted by atomic mass is 16.6. The van der Waals surface area contributed by atoms with E-state index in [9.17, 15) is 14.4 Å². The van der Waals surface area contributed by atoms with Gasteiger partial charge in [-0.1, -0.05) is 6.07 Å². The molecule has 0 bridgehead atoms. The van der Waals surface area contributed by atoms with Crippen molar-refractivity contribution in [2.75, 3.05) is 0 Å². The highest BCUT2D eigenvalue weighted by Gasteiger charge is 2.36. The van der Waals surface area contributed by atoms with Crippen LogP contribution in [0, 0.1) is 0 Å². The molecule has 0 aliphatic carbocycles. The Bertz CT molecular complexity index is 1150. The molecule has 2 aliphatic heterocycles. The number of primary amides is 1. The van der Waals surface area contributed by atoms with Gasteiger partial charge in [0.15, 0.2) is 0 Å². The van der Waals surface area contributed by atoms with Gasteiger partial charge in [-0.15, -0.1) is 0 Å². The van der Waals surface area contributed by atoms with Crippen molar-refractivity contribution in [2.24, 2.45) is 12.8 Å². The number of nitrogens with zero attached hydrogens (tertiary/aromatic N) is 3. The first kappa shape index (κ1) is 24.9. The number of aromatic nitrogens is 2. The first-order chi connectivity index (χ1) is 16.4. The van der Waals surface area contributed by atoms with Crippen molar-refractivity contribution >= 4 is 17.8 Å². The standard InChI is InChI=1S/C26H35N5O4/c1-15-6-9-20(29-15)23-19(13-28-30(23)5)16-7-8-18-17(12-16)14-31(25(18)34)21(24(27)33)10-11-22(32)35-26(2,3)4/h7-8,12-13,15,20-21,29H,6,9-11,14H2,1-5H3,(H2,27,33). The zero-order valence-corrected chi connectivity index (χ0v) is 21.1. The summed E-state index contributed by atoms with van der Waals surface area (Å²) in [4.78, 5) is 39.0. The van der Waals surface area contributed by atoms with Crippen LogP contribution in [0.5, 0.6) is 0 Å². The molecule has 3 unspecified atom stereocenters. The van der Waals surface area contributed by atoms with Crippen LogP contribution in [0.4, 0.5) is 0 Å². The van der Waals surface area contributed by atoms with Crippen molar-refractivity contribution in [3.05, 3.63) is 41.2 Å². The van der Waals surface area contributed by atoms with Crippen molar-refractivity contribution in [2.45, 2.75) is 83.6 Å². The molecule has 0 radical (unpaired) electrons. The van der Waals surface area contributed by atoms with E-state index in [4.69, 9.17) is 10.5 Å². The third-order valence-corrected chi connectivity index (χ3v) is 6.68. The molecule has 3 N–H and O–H groups in total. The molecule has 2 amide bonds. The Balaban J connectivity index is 1.54. The number of ether oxygens (including phenoxy) is 1. The second kappa shape index (κ2) is 9.45. The number of fused-ring (bicyclic) bond motifs is 1. The van der Waals surface area contributed by atoms with E-state index >= 15 is 0 Å². The second-order valence-electron chi connectivity index (χ2n) is 10.6. The van der Waals surface area contributed by atoms with E-state index in [1.165, 1.54) is 4.90 Å². The zero-order chi connectivity index (χ0) is 25.5. The molecule has 9 nitrogen and oxygen atoms in total. The maximum atomic E-state index is 13.2. The van der Waals surface area contributed by atoms with Crippen molar-refractivity contribution < 1.29 is 19.1 Å². The van der Waals surface area contributed by atoms with E-state index in [-0.39, 0.29) is 31.3 Å². The summed E-state index contributed by atoms with van der Waals surface area (Å²) in [6.45, 7) is 7.80. The van der Waals surface area contributed by atoms with Crippen LogP contribution < -0.4 is 11.1 Å². The molecule has 2 aromatic rings. The van der Waals surface area contributed by atoms with E-state index in [0.29, 0.717) is 11.6 Å². The van der Waals surface area contributed by atoms with Gasteiger partial charge in [-0.05, 0) is 70.2 Å². The Morgan fingerprint density at radius 1 is 1.26 bits per heavy atom. The van der Waals surface area contributed by atoms with Gasteiger partial charge in [-0.3, -0.25) is 19.1 Å². The van der Waals surface area contributed by atoms with Gasteiger partial charge in [0.2, 0.25) is 5.91 Å². The zero-order valence-electron chi connectivity index (χ0n) is 21.1. The van der Waals surface area contributed by atoms with Crippen molar-refractivity contribution in [1.82, 2.24) is 20.0 Å². The maximum Gasteiger partial charge on any atom is 0.306 e. The molecule has 1 fully saturated rings. The van der Waals surface area contributed by atoms with Crippen LogP contribution in [-0.2, 0) is 27.9 Å². The maximum absolute atomic E-state index is 13.2. The van der Waals surface area contributed by atoms with Crippen LogP contribution in [0.1, 0.15) is 81.0 Å². The minimum Gasteiger partial charge on any atom is -0.460 e. The Morgan fingerprint density at radius 3 is 2.63 bits per heavy atom. The van der Waals surface area contributed by atoms with Crippen LogP contribution in [0.3, 0.4) is 0 Å². The molecule has 2 aliphatic rings. The summed E-state index contributed by atoms with van der Waals surface area (Å²) in [5.74, 6) is -1.31. The van der Waals surface area contributed by atoms with E-state index in [1.54, 1.807) is 26.8 Å². The van der Waals surface area contributed by atoms with E-state index in [2.05, 4.69) is 17.3 Å². The van der Waals surface area contributed by atoms with Gasteiger partial charge in [0.05, 0.1) is 17.9 Å². The molecule has 9 heteroatoms. The van der Waals surface area contributed by atoms with Gasteiger partial charge >= 0.3 is 5.97 Å². The normalized spacial score (nSPS) is 20.7. The molecule has 35 heavy (non-hydrogen) atoms. The fraction of sp³-hybridized carbons (Fsp3) is 0.538. The van der Waals surface area contributed by atoms with Crippen LogP contribution in [0.2, 0.25) is 0 Å². The fourth-order valence-corrected chi connectivity index (χ4v) is 5.09. The molecular formula is C26H35N5O4. The lowest BCUT2D eigenvalue weighted by Crippen LogP contribution is -2.45. The van der Waals surface area contributed by atoms with Crippen molar-refractivity contribution in [3.8, 4) is 11.1 Å². The monoisotopic (exact) mass is 481 g/mol. The average Bonchev–Trinajstić information content (AvgIpc) is 3.44. The van der Waals surface area contributed by atoms with E-state index in [0.717, 1.165) is 35.2 Å². The number of hydrogen-bond acceptors (Lipinski definition) is 6. The molecular weight excluding hydrogens is 446 g/mol. The Labute approximate surface area is 206 Å². The number of amides is 2. The molecule has 1 aromatic heterocycles. The van der Waals surface area contributed by atoms with Gasteiger partial charge in [0.25, 0.3) is 5.91 Å². The summed E-state index contributed by atoms with van der Waals surface area (Å²) in [7, 11) is 1.95. The van der Waals surface area contributed by atoms with E-state index in [1.807, 2.05) is 30.1 Å². The molecule has 1 aromatic carbocycles. The van der Waals surface area contributed by atoms with Crippen molar-refractivity contribution in [3.63, 3.8) is 0 Å². The van der Waals surface area contributed by atoms with Gasteiger partial charge in [0, 0.05) is 37.2 Å². The third-order valence-electron chi connectivity index (χ3n) is 6.68. The average molecular weight is 482 g/mol. The predicted molar refractivity (Wildman–Crippen MR) is 131 cm³/mol. The highest BCUT2D eigenvalue weighted by molar-refractivity contribution is 6.01. The number of carbonyl (C=O) groups excluding carboxylic acids is 3. The molecule has 4 rings (SSSR count). The second-order valence-corrected chi connectivity index (χ2v) is 10.6. The van der Waals surface area contributed by atoms with Crippen LogP contribution in [0.15, 0.2) is 24.4 Å². The molecule has 1 saturated heterocycles. The first-order valence-corrected chi connectivity index (χ1v) is 12.2. The van der Waals surface area contributed by atoms with Crippen molar-refractivity contribution in [1.29, 1.82) is 0 Å². The van der Waals surface area contributed by atoms with Gasteiger partial charge in [-0.25, -0.2) is 0 Å². The Kier molecular flexibility index (Phi) is 6.73. The fourth-order valence-electron chi connectivity index (χ4n) is 5.09. The number of nitrogens with one attached hydrogen (secondary N) is 1. The van der Waals surface area contributed by atoms with E-state index < -0.39 is 23.5 Å². The Hall–Kier alpha value is -3.20. The molecule has 0 saturated carbocycles. The molecule has 3 atom stereocenters. The quantitative estimate of drug-likeness (QED) is 0.587. The largest absolute Gasteiger partial charge is 0.460 e. The highest BCUT2D eigenvalue weighted by Crippen LogP contribution is 2.36. The lowest BCUT2D eigenvalue weighted by atomic mass is 9.98. The summed E-state index contributed by atoms with van der Waals surface area (Å²) >= 11 is 0. The van der Waals surface area contributed by atoms with Crippen LogP contribution >= 0.6 is 0 Å². The number of nitrogens with two attached hydrogens (primary N) is 1. The summed E-state index contributed by atoms with van der Waals surface area (Å²) in [6, 6.07) is 5.53. The Morgan fingerprint density at radius 2 is 2.00 bits per heavy atom. The summed E-state index contributed by atoms with van der Waals surface area (Å²) in [5.41, 5.74) is 9.55. The minimum atomic E-state index is -0.885. The summed E-state index contributed by atoms with van der Waals surface area (Å²) in [5, 5.41) is 8.12. The third kappa shape index (κ3) is 5.24. The smallest absolute Gasteiger partial charge is 0.306 e. The van der Waals surface area contributed by atoms with Gasteiger partial charge in [-0.2, -0.15) is 5.10 Å². The van der Waals surface area contributed by atoms with Crippen LogP contribution in [-0.4, -0.2) is 50.1 Å². The summed E-state index contributed by atoms with van der Waals surface area (Å²) < 4.78 is 7.25. The predicted octanol–water partition coefficient (Wildman–Crippen LogP) is 2.83. The summed E-state index contributed by atoms with van der Waals surface area (Å²) in [6.07, 6.45) is 4.14. The number of carbonyl (C=O) groups is 3. The number of rotatable bonds is 7. The number of benzene rings is 1. The lowest BCUT2D eigenvalue weighted by molar-refractivity contribution is -0.155. The number of esters is 1. The SMILES string of the molecule is CC1CCC(c2c(-c3ccc4c(c3)CN(C(CCC(=O)OC(C)(C)C)C(N)=O)C4=O)cnn2C)N1. The molecule has 188 valence electrons. The number of aryl methyl sites for hydroxylation is 1. The number of hydrogen-bond donors (Lipinski definition) is 2. The van der Waals surface area contributed by atoms with Gasteiger partial charge in [0.1, 0.15) is 11.6 Å². The lowest BCUT2D eigenvalue weighted by Gasteiger charge is -2.25. The van der Waals surface area contributed by atoms with Gasteiger partial charge < -0.3 is 20.7 Å². The molecule has 0 spiro atoms. The van der Waals surface area contributed by atoms with Crippen LogP contribution in [0.25, 0.3) is 11.1 Å². The molecule has 3 heterocycles. The first-order valence-electron chi connectivity index (χ1n) is 12.2.